The molecule has 0 fully saturated rings. The molecule has 0 bridgehead atoms. The van der Waals surface area contributed by atoms with Crippen LogP contribution in [0.15, 0.2) is 6.20 Å². The third-order valence-electron chi connectivity index (χ3n) is 1.88. The van der Waals surface area contributed by atoms with Crippen LogP contribution in [-0.4, -0.2) is 51.2 Å². The zero-order chi connectivity index (χ0) is 11.8. The van der Waals surface area contributed by atoms with E-state index in [1.54, 1.807) is 18.0 Å². The quantitative estimate of drug-likeness (QED) is 0.716. The van der Waals surface area contributed by atoms with Crippen molar-refractivity contribution in [1.29, 1.82) is 0 Å². The second-order valence-electron chi connectivity index (χ2n) is 3.48. The number of rotatable bonds is 8. The summed E-state index contributed by atoms with van der Waals surface area (Å²) in [7, 11) is 0. The normalized spacial score (nSPS) is 14.7. The molecule has 0 saturated carbocycles. The van der Waals surface area contributed by atoms with Gasteiger partial charge >= 0.3 is 0 Å². The van der Waals surface area contributed by atoms with E-state index in [-0.39, 0.29) is 6.61 Å². The van der Waals surface area contributed by atoms with Gasteiger partial charge in [0.05, 0.1) is 11.7 Å². The smallest absolute Gasteiger partial charge is 0.245 e. The van der Waals surface area contributed by atoms with E-state index < -0.39 is 6.10 Å². The molecule has 0 aromatic carbocycles. The summed E-state index contributed by atoms with van der Waals surface area (Å²) in [6.45, 7) is 2.86. The summed E-state index contributed by atoms with van der Waals surface area (Å²) in [5.41, 5.74) is 0. The van der Waals surface area contributed by atoms with Gasteiger partial charge in [0.15, 0.2) is 0 Å². The van der Waals surface area contributed by atoms with Crippen molar-refractivity contribution in [3.63, 3.8) is 0 Å². The van der Waals surface area contributed by atoms with Gasteiger partial charge in [-0.1, -0.05) is 0 Å². The highest BCUT2D eigenvalue weighted by molar-refractivity contribution is 7.98. The van der Waals surface area contributed by atoms with Crippen molar-refractivity contribution in [2.24, 2.45) is 0 Å². The molecule has 0 aliphatic rings. The Morgan fingerprint density at radius 3 is 3.12 bits per heavy atom. The number of hydrogen-bond donors (Lipinski definition) is 2. The molecule has 5 nitrogen and oxygen atoms in total. The van der Waals surface area contributed by atoms with Crippen LogP contribution in [0.2, 0.25) is 0 Å². The lowest BCUT2D eigenvalue weighted by molar-refractivity contribution is 0.103. The van der Waals surface area contributed by atoms with Gasteiger partial charge in [0.1, 0.15) is 18.9 Å². The average molecular weight is 263 g/mol. The van der Waals surface area contributed by atoms with Crippen molar-refractivity contribution in [1.82, 2.24) is 14.1 Å². The van der Waals surface area contributed by atoms with Gasteiger partial charge in [0.25, 0.3) is 0 Å². The molecule has 0 spiro atoms. The van der Waals surface area contributed by atoms with E-state index in [9.17, 15) is 5.11 Å². The van der Waals surface area contributed by atoms with Crippen LogP contribution in [0.1, 0.15) is 6.92 Å². The van der Waals surface area contributed by atoms with Crippen molar-refractivity contribution in [3.05, 3.63) is 6.20 Å². The maximum absolute atomic E-state index is 9.63. The van der Waals surface area contributed by atoms with E-state index in [1.165, 1.54) is 0 Å². The first kappa shape index (κ1) is 13.7. The van der Waals surface area contributed by atoms with Crippen LogP contribution in [0.4, 0.5) is 0 Å². The Kier molecular flexibility index (Phi) is 6.70. The lowest BCUT2D eigenvalue weighted by Crippen LogP contribution is -2.37. The van der Waals surface area contributed by atoms with Crippen molar-refractivity contribution in [3.8, 4) is 5.88 Å². The third-order valence-corrected chi connectivity index (χ3v) is 3.18. The summed E-state index contributed by atoms with van der Waals surface area (Å²) >= 11 is 2.87. The molecule has 0 radical (unpaired) electrons. The van der Waals surface area contributed by atoms with Gasteiger partial charge in [0, 0.05) is 18.3 Å². The zero-order valence-corrected chi connectivity index (χ0v) is 11.1. The Balaban J connectivity index is 2.09. The van der Waals surface area contributed by atoms with E-state index in [4.69, 9.17) is 4.74 Å². The fraction of sp³-hybridized carbons (Fsp3) is 0.778. The van der Waals surface area contributed by atoms with Gasteiger partial charge in [-0.25, -0.2) is 0 Å². The second-order valence-corrected chi connectivity index (χ2v) is 4.94. The second kappa shape index (κ2) is 7.83. The molecule has 2 atom stereocenters. The molecule has 0 aliphatic carbocycles. The lowest BCUT2D eigenvalue weighted by atomic mass is 10.3. The molecular weight excluding hydrogens is 246 g/mol. The molecule has 1 aromatic rings. The van der Waals surface area contributed by atoms with Crippen LogP contribution in [0.5, 0.6) is 5.88 Å². The fourth-order valence-electron chi connectivity index (χ4n) is 1.11. The average Bonchev–Trinajstić information content (AvgIpc) is 2.77. The molecule has 0 amide bonds. The van der Waals surface area contributed by atoms with Crippen molar-refractivity contribution < 1.29 is 9.84 Å². The largest absolute Gasteiger partial charge is 0.473 e. The number of aromatic nitrogens is 2. The van der Waals surface area contributed by atoms with Gasteiger partial charge in [-0.05, 0) is 13.2 Å². The lowest BCUT2D eigenvalue weighted by Gasteiger charge is -2.16. The standard InChI is InChI=1S/C9H17N3O2S2/c1-7(6-15-2)10-3-8(13)5-14-9-4-11-16-12-9/h4,7-8,10,13H,3,5-6H2,1-2H3. The number of hydrogen-bond acceptors (Lipinski definition) is 7. The fourth-order valence-corrected chi connectivity index (χ4v) is 2.09. The van der Waals surface area contributed by atoms with Crippen LogP contribution < -0.4 is 10.1 Å². The van der Waals surface area contributed by atoms with Crippen LogP contribution >= 0.6 is 23.5 Å². The number of nitrogens with zero attached hydrogens (tertiary/aromatic N) is 2. The van der Waals surface area contributed by atoms with E-state index in [0.717, 1.165) is 17.5 Å². The molecule has 1 heterocycles. The van der Waals surface area contributed by atoms with Crippen molar-refractivity contribution in [2.75, 3.05) is 25.2 Å². The summed E-state index contributed by atoms with van der Waals surface area (Å²) in [6, 6.07) is 0.394. The minimum Gasteiger partial charge on any atom is -0.473 e. The highest BCUT2D eigenvalue weighted by Crippen LogP contribution is 2.05. The first-order valence-electron chi connectivity index (χ1n) is 5.03. The highest BCUT2D eigenvalue weighted by atomic mass is 32.2. The van der Waals surface area contributed by atoms with Crippen molar-refractivity contribution >= 4 is 23.5 Å². The highest BCUT2D eigenvalue weighted by Gasteiger charge is 2.08. The first-order valence-corrected chi connectivity index (χ1v) is 7.15. The van der Waals surface area contributed by atoms with E-state index in [1.807, 2.05) is 0 Å². The minimum atomic E-state index is -0.522. The van der Waals surface area contributed by atoms with Crippen LogP contribution in [0, 0.1) is 0 Å². The molecule has 0 saturated heterocycles. The summed E-state index contributed by atoms with van der Waals surface area (Å²) in [5.74, 6) is 1.50. The van der Waals surface area contributed by atoms with E-state index >= 15 is 0 Å². The molecule has 92 valence electrons. The molecule has 1 rings (SSSR count). The maximum atomic E-state index is 9.63. The van der Waals surface area contributed by atoms with Gasteiger partial charge < -0.3 is 15.2 Å². The third kappa shape index (κ3) is 5.64. The predicted octanol–water partition coefficient (Wildman–Crippen LogP) is 0.619. The van der Waals surface area contributed by atoms with E-state index in [0.29, 0.717) is 18.5 Å². The summed E-state index contributed by atoms with van der Waals surface area (Å²) in [4.78, 5) is 0. The van der Waals surface area contributed by atoms with Crippen LogP contribution in [0.25, 0.3) is 0 Å². The molecule has 16 heavy (non-hydrogen) atoms. The summed E-state index contributed by atoms with van der Waals surface area (Å²) in [6.07, 6.45) is 3.08. The Bertz CT molecular complexity index is 272. The molecule has 7 heteroatoms. The number of thioether (sulfide) groups is 1. The number of nitrogens with one attached hydrogen (secondary N) is 1. The van der Waals surface area contributed by atoms with Gasteiger partial charge in [0.2, 0.25) is 5.88 Å². The Labute approximate surface area is 104 Å². The Morgan fingerprint density at radius 2 is 2.50 bits per heavy atom. The van der Waals surface area contributed by atoms with Gasteiger partial charge in [-0.2, -0.15) is 16.1 Å². The maximum Gasteiger partial charge on any atom is 0.245 e. The van der Waals surface area contributed by atoms with Crippen LogP contribution in [0.3, 0.4) is 0 Å². The molecule has 0 aliphatic heterocycles. The number of aliphatic hydroxyl groups excluding tert-OH is 1. The summed E-state index contributed by atoms with van der Waals surface area (Å²) < 4.78 is 12.9. The minimum absolute atomic E-state index is 0.240. The first-order chi connectivity index (χ1) is 7.72. The monoisotopic (exact) mass is 263 g/mol. The Morgan fingerprint density at radius 1 is 1.69 bits per heavy atom. The van der Waals surface area contributed by atoms with Crippen molar-refractivity contribution in [2.45, 2.75) is 19.1 Å². The number of aliphatic hydroxyl groups is 1. The molecule has 1 aromatic heterocycles. The Hall–Kier alpha value is -0.370. The predicted molar refractivity (Wildman–Crippen MR) is 67.3 cm³/mol. The molecule has 2 N–H and O–H groups in total. The van der Waals surface area contributed by atoms with Crippen LogP contribution in [-0.2, 0) is 0 Å². The number of ether oxygens (including phenoxy) is 1. The SMILES string of the molecule is CSCC(C)NCC(O)COc1cnsn1. The molecular formula is C9H17N3O2S2. The topological polar surface area (TPSA) is 67.3 Å². The summed E-state index contributed by atoms with van der Waals surface area (Å²) in [5, 5.41) is 12.9. The van der Waals surface area contributed by atoms with Gasteiger partial charge in [-0.3, -0.25) is 0 Å². The zero-order valence-electron chi connectivity index (χ0n) is 9.42. The van der Waals surface area contributed by atoms with E-state index in [2.05, 4.69) is 27.2 Å². The van der Waals surface area contributed by atoms with Gasteiger partial charge in [-0.15, -0.1) is 4.37 Å². The molecule has 2 unspecified atom stereocenters.